The number of nitrogens with one attached hydrogen (secondary N) is 2. The highest BCUT2D eigenvalue weighted by Gasteiger charge is 2.34. The first-order chi connectivity index (χ1) is 11.7. The summed E-state index contributed by atoms with van der Waals surface area (Å²) in [6, 6.07) is 7.83. The van der Waals surface area contributed by atoms with Crippen LogP contribution in [0.4, 0.5) is 0 Å². The monoisotopic (exact) mass is 364 g/mol. The largest absolute Gasteiger partial charge is 0.494 e. The van der Waals surface area contributed by atoms with E-state index in [0.29, 0.717) is 19.7 Å². The zero-order chi connectivity index (χ0) is 16.9. The van der Waals surface area contributed by atoms with Crippen LogP contribution in [0.5, 0.6) is 5.75 Å². The summed E-state index contributed by atoms with van der Waals surface area (Å²) in [5.41, 5.74) is 2.18. The lowest BCUT2D eigenvalue weighted by atomic mass is 9.90. The molecule has 136 valence electrons. The molecular weight excluding hydrogens is 340 g/mol. The molecule has 1 fully saturated rings. The minimum Gasteiger partial charge on any atom is -0.494 e. The zero-order valence-corrected chi connectivity index (χ0v) is 15.4. The number of amides is 1. The van der Waals surface area contributed by atoms with Crippen LogP contribution in [-0.4, -0.2) is 35.4 Å². The minimum absolute atomic E-state index is 0. The van der Waals surface area contributed by atoms with Gasteiger partial charge in [-0.3, -0.25) is 9.48 Å². The number of halogens is 1. The Kier molecular flexibility index (Phi) is 6.84. The normalized spacial score (nSPS) is 19.3. The predicted molar refractivity (Wildman–Crippen MR) is 99.0 cm³/mol. The van der Waals surface area contributed by atoms with Crippen molar-refractivity contribution < 1.29 is 9.53 Å². The Morgan fingerprint density at radius 1 is 1.36 bits per heavy atom. The van der Waals surface area contributed by atoms with E-state index in [0.717, 1.165) is 23.4 Å². The van der Waals surface area contributed by atoms with E-state index in [9.17, 15) is 4.79 Å². The highest BCUT2D eigenvalue weighted by molar-refractivity contribution is 5.85. The van der Waals surface area contributed by atoms with Gasteiger partial charge in [0.15, 0.2) is 0 Å². The maximum Gasteiger partial charge on any atom is 0.225 e. The Labute approximate surface area is 154 Å². The Morgan fingerprint density at radius 3 is 2.76 bits per heavy atom. The van der Waals surface area contributed by atoms with Crippen LogP contribution in [0.25, 0.3) is 0 Å². The molecule has 0 saturated carbocycles. The van der Waals surface area contributed by atoms with Gasteiger partial charge in [0, 0.05) is 38.8 Å². The molecule has 2 atom stereocenters. The van der Waals surface area contributed by atoms with Crippen LogP contribution >= 0.6 is 12.4 Å². The molecule has 3 rings (SSSR count). The number of nitrogens with zero attached hydrogens (tertiary/aromatic N) is 2. The van der Waals surface area contributed by atoms with Crippen LogP contribution in [-0.2, 0) is 18.4 Å². The number of aryl methyl sites for hydroxylation is 1. The topological polar surface area (TPSA) is 68.2 Å². The third-order valence-electron chi connectivity index (χ3n) is 4.41. The zero-order valence-electron chi connectivity index (χ0n) is 14.6. The van der Waals surface area contributed by atoms with E-state index < -0.39 is 0 Å². The summed E-state index contributed by atoms with van der Waals surface area (Å²) in [6.45, 7) is 4.66. The molecule has 1 amide bonds. The van der Waals surface area contributed by atoms with Crippen molar-refractivity contribution in [2.45, 2.75) is 19.4 Å². The number of rotatable bonds is 6. The third-order valence-corrected chi connectivity index (χ3v) is 4.41. The van der Waals surface area contributed by atoms with Crippen molar-refractivity contribution in [3.63, 3.8) is 0 Å². The average molecular weight is 365 g/mol. The predicted octanol–water partition coefficient (Wildman–Crippen LogP) is 1.86. The maximum atomic E-state index is 12.6. The van der Waals surface area contributed by atoms with Gasteiger partial charge in [0.1, 0.15) is 5.75 Å². The van der Waals surface area contributed by atoms with Gasteiger partial charge >= 0.3 is 0 Å². The van der Waals surface area contributed by atoms with Gasteiger partial charge in [-0.15, -0.1) is 12.4 Å². The Morgan fingerprint density at radius 2 is 2.12 bits per heavy atom. The second-order valence-corrected chi connectivity index (χ2v) is 6.11. The standard InChI is InChI=1S/C18H24N4O2.ClH/c1-3-24-15-6-4-13(5-7-15)8-20-18(23)17-11-19-10-16(17)14-9-21-22(2)12-14;/h4-7,9,12,16-17,19H,3,8,10-11H2,1-2H3,(H,20,23);1H/t16-,17+;/m1./s1. The number of carbonyl (C=O) groups excluding carboxylic acids is 1. The van der Waals surface area contributed by atoms with Crippen LogP contribution in [0.2, 0.25) is 0 Å². The Bertz CT molecular complexity index is 687. The molecule has 2 heterocycles. The van der Waals surface area contributed by atoms with Crippen LogP contribution in [0, 0.1) is 5.92 Å². The number of hydrogen-bond acceptors (Lipinski definition) is 4. The highest BCUT2D eigenvalue weighted by atomic mass is 35.5. The van der Waals surface area contributed by atoms with Crippen LogP contribution in [0.15, 0.2) is 36.7 Å². The van der Waals surface area contributed by atoms with Gasteiger partial charge in [0.25, 0.3) is 0 Å². The fraction of sp³-hybridized carbons (Fsp3) is 0.444. The van der Waals surface area contributed by atoms with Crippen molar-refractivity contribution in [3.05, 3.63) is 47.8 Å². The van der Waals surface area contributed by atoms with Crippen molar-refractivity contribution >= 4 is 18.3 Å². The lowest BCUT2D eigenvalue weighted by molar-refractivity contribution is -0.125. The van der Waals surface area contributed by atoms with Crippen LogP contribution < -0.4 is 15.4 Å². The molecule has 1 saturated heterocycles. The van der Waals surface area contributed by atoms with Crippen molar-refractivity contribution in [1.29, 1.82) is 0 Å². The molecule has 2 aromatic rings. The molecule has 0 aliphatic carbocycles. The molecule has 0 unspecified atom stereocenters. The van der Waals surface area contributed by atoms with E-state index in [4.69, 9.17) is 4.74 Å². The third kappa shape index (κ3) is 4.74. The molecule has 25 heavy (non-hydrogen) atoms. The molecule has 1 aliphatic rings. The molecule has 0 spiro atoms. The second-order valence-electron chi connectivity index (χ2n) is 6.11. The fourth-order valence-corrected chi connectivity index (χ4v) is 3.13. The summed E-state index contributed by atoms with van der Waals surface area (Å²) in [7, 11) is 1.90. The Balaban J connectivity index is 0.00000225. The second kappa shape index (κ2) is 8.87. The highest BCUT2D eigenvalue weighted by Crippen LogP contribution is 2.28. The number of ether oxygens (including phenoxy) is 1. The van der Waals surface area contributed by atoms with E-state index in [1.54, 1.807) is 4.68 Å². The average Bonchev–Trinajstić information content (AvgIpc) is 3.23. The van der Waals surface area contributed by atoms with Crippen molar-refractivity contribution in [3.8, 4) is 5.75 Å². The fourth-order valence-electron chi connectivity index (χ4n) is 3.13. The van der Waals surface area contributed by atoms with Crippen molar-refractivity contribution in [2.75, 3.05) is 19.7 Å². The SMILES string of the molecule is CCOc1ccc(CNC(=O)[C@H]2CNC[C@@H]2c2cnn(C)c2)cc1.Cl. The van der Waals surface area contributed by atoms with E-state index in [1.807, 2.05) is 50.6 Å². The summed E-state index contributed by atoms with van der Waals surface area (Å²) >= 11 is 0. The molecule has 1 aromatic heterocycles. The number of hydrogen-bond donors (Lipinski definition) is 2. The number of aromatic nitrogens is 2. The van der Waals surface area contributed by atoms with Gasteiger partial charge in [-0.1, -0.05) is 12.1 Å². The summed E-state index contributed by atoms with van der Waals surface area (Å²) in [6.07, 6.45) is 3.84. The molecule has 0 bridgehead atoms. The molecule has 7 heteroatoms. The number of benzene rings is 1. The van der Waals surface area contributed by atoms with E-state index in [2.05, 4.69) is 15.7 Å². The summed E-state index contributed by atoms with van der Waals surface area (Å²) in [5.74, 6) is 1.06. The van der Waals surface area contributed by atoms with Gasteiger partial charge in [0.2, 0.25) is 5.91 Å². The number of carbonyl (C=O) groups is 1. The van der Waals surface area contributed by atoms with Gasteiger partial charge in [-0.05, 0) is 30.2 Å². The summed E-state index contributed by atoms with van der Waals surface area (Å²) in [5, 5.41) is 10.6. The molecule has 1 aliphatic heterocycles. The van der Waals surface area contributed by atoms with E-state index in [1.165, 1.54) is 0 Å². The first-order valence-corrected chi connectivity index (χ1v) is 8.36. The lowest BCUT2D eigenvalue weighted by Gasteiger charge is -2.17. The van der Waals surface area contributed by atoms with Crippen LogP contribution in [0.1, 0.15) is 24.0 Å². The summed E-state index contributed by atoms with van der Waals surface area (Å²) in [4.78, 5) is 12.6. The van der Waals surface area contributed by atoms with Crippen molar-refractivity contribution in [2.24, 2.45) is 13.0 Å². The molecule has 1 aromatic carbocycles. The molecular formula is C18H25ClN4O2. The van der Waals surface area contributed by atoms with E-state index >= 15 is 0 Å². The van der Waals surface area contributed by atoms with E-state index in [-0.39, 0.29) is 30.2 Å². The van der Waals surface area contributed by atoms with Crippen molar-refractivity contribution in [1.82, 2.24) is 20.4 Å². The van der Waals surface area contributed by atoms with Crippen LogP contribution in [0.3, 0.4) is 0 Å². The van der Waals surface area contributed by atoms with Gasteiger partial charge in [-0.25, -0.2) is 0 Å². The minimum atomic E-state index is -0.0584. The van der Waals surface area contributed by atoms with Gasteiger partial charge in [-0.2, -0.15) is 5.10 Å². The lowest BCUT2D eigenvalue weighted by Crippen LogP contribution is -2.33. The van der Waals surface area contributed by atoms with Gasteiger partial charge in [0.05, 0.1) is 18.7 Å². The molecule has 6 nitrogen and oxygen atoms in total. The first kappa shape index (κ1) is 19.3. The smallest absolute Gasteiger partial charge is 0.225 e. The first-order valence-electron chi connectivity index (χ1n) is 8.36. The van der Waals surface area contributed by atoms with Gasteiger partial charge < -0.3 is 15.4 Å². The molecule has 2 N–H and O–H groups in total. The molecule has 0 radical (unpaired) electrons. The Hall–Kier alpha value is -2.05. The quantitative estimate of drug-likeness (QED) is 0.821. The summed E-state index contributed by atoms with van der Waals surface area (Å²) < 4.78 is 7.21. The maximum absolute atomic E-state index is 12.6.